The van der Waals surface area contributed by atoms with Gasteiger partial charge in [-0.05, 0) is 37.6 Å². The molecule has 1 aromatic rings. The highest BCUT2D eigenvalue weighted by Crippen LogP contribution is 2.26. The molecule has 0 aromatic heterocycles. The van der Waals surface area contributed by atoms with Gasteiger partial charge in [0.05, 0.1) is 18.7 Å². The highest BCUT2D eigenvalue weighted by molar-refractivity contribution is 5.83. The van der Waals surface area contributed by atoms with E-state index in [1.54, 1.807) is 25.3 Å². The molecule has 1 amide bonds. The van der Waals surface area contributed by atoms with Crippen LogP contribution in [0, 0.1) is 11.3 Å². The van der Waals surface area contributed by atoms with Crippen molar-refractivity contribution in [2.24, 2.45) is 5.73 Å². The number of primary amides is 1. The summed E-state index contributed by atoms with van der Waals surface area (Å²) in [5.41, 5.74) is 5.20. The predicted molar refractivity (Wildman–Crippen MR) is 76.4 cm³/mol. The first-order valence-electron chi connectivity index (χ1n) is 6.80. The van der Waals surface area contributed by atoms with Crippen molar-refractivity contribution in [2.45, 2.75) is 25.0 Å². The lowest BCUT2D eigenvalue weighted by atomic mass is 9.92. The summed E-state index contributed by atoms with van der Waals surface area (Å²) in [6, 6.07) is 7.29. The number of hydrogen-bond donors (Lipinski definition) is 2. The molecule has 0 saturated carbocycles. The lowest BCUT2D eigenvalue weighted by Gasteiger charge is -2.37. The molecule has 0 unspecified atom stereocenters. The third-order valence-electron chi connectivity index (χ3n) is 3.81. The van der Waals surface area contributed by atoms with Crippen LogP contribution in [-0.4, -0.2) is 41.7 Å². The molecular weight excluding hydrogens is 270 g/mol. The van der Waals surface area contributed by atoms with E-state index in [-0.39, 0.29) is 6.54 Å². The topological polar surface area (TPSA) is 99.6 Å². The predicted octanol–water partition coefficient (Wildman–Crippen LogP) is 0.379. The first-order chi connectivity index (χ1) is 9.98. The summed E-state index contributed by atoms with van der Waals surface area (Å²) in [5.74, 6) is -0.00729. The van der Waals surface area contributed by atoms with E-state index in [2.05, 4.69) is 6.07 Å². The largest absolute Gasteiger partial charge is 0.496 e. The standard InChI is InChI=1S/C15H19N3O3/c1-21-13-4-3-11(8-16)7-12(13)9-18-6-2-5-15(20,10-18)14(17)19/h3-4,7,20H,2,5-6,9-10H2,1H3,(H2,17,19)/t15-/m1/s1. The molecule has 6 nitrogen and oxygen atoms in total. The number of piperidine rings is 1. The highest BCUT2D eigenvalue weighted by atomic mass is 16.5. The van der Waals surface area contributed by atoms with Crippen LogP contribution in [0.1, 0.15) is 24.0 Å². The molecule has 112 valence electrons. The number of carbonyl (C=O) groups is 1. The fourth-order valence-electron chi connectivity index (χ4n) is 2.67. The van der Waals surface area contributed by atoms with Gasteiger partial charge >= 0.3 is 0 Å². The molecule has 2 rings (SSSR count). The van der Waals surface area contributed by atoms with Gasteiger partial charge in [-0.2, -0.15) is 5.26 Å². The average Bonchev–Trinajstić information content (AvgIpc) is 2.47. The van der Waals surface area contributed by atoms with E-state index >= 15 is 0 Å². The summed E-state index contributed by atoms with van der Waals surface area (Å²) in [7, 11) is 1.57. The van der Waals surface area contributed by atoms with Crippen molar-refractivity contribution in [3.05, 3.63) is 29.3 Å². The van der Waals surface area contributed by atoms with Crippen LogP contribution in [0.4, 0.5) is 0 Å². The smallest absolute Gasteiger partial charge is 0.250 e. The van der Waals surface area contributed by atoms with Crippen molar-refractivity contribution in [3.63, 3.8) is 0 Å². The van der Waals surface area contributed by atoms with Crippen molar-refractivity contribution in [1.82, 2.24) is 4.90 Å². The van der Waals surface area contributed by atoms with Crippen molar-refractivity contribution >= 4 is 5.91 Å². The number of likely N-dealkylation sites (tertiary alicyclic amines) is 1. The number of nitrogens with two attached hydrogens (primary N) is 1. The Balaban J connectivity index is 2.18. The van der Waals surface area contributed by atoms with Gasteiger partial charge in [0.2, 0.25) is 0 Å². The number of hydrogen-bond acceptors (Lipinski definition) is 5. The normalized spacial score (nSPS) is 22.5. The van der Waals surface area contributed by atoms with Crippen molar-refractivity contribution < 1.29 is 14.6 Å². The zero-order chi connectivity index (χ0) is 15.5. The molecule has 21 heavy (non-hydrogen) atoms. The van der Waals surface area contributed by atoms with E-state index in [4.69, 9.17) is 15.7 Å². The second-order valence-corrected chi connectivity index (χ2v) is 5.35. The van der Waals surface area contributed by atoms with E-state index in [1.807, 2.05) is 4.90 Å². The molecule has 0 spiro atoms. The van der Waals surface area contributed by atoms with Crippen molar-refractivity contribution in [3.8, 4) is 11.8 Å². The van der Waals surface area contributed by atoms with Gasteiger partial charge in [0.1, 0.15) is 5.75 Å². The molecule has 1 atom stereocenters. The Bertz CT molecular complexity index is 582. The minimum atomic E-state index is -1.47. The second kappa shape index (κ2) is 6.12. The maximum Gasteiger partial charge on any atom is 0.250 e. The molecule has 3 N–H and O–H groups in total. The van der Waals surface area contributed by atoms with Crippen LogP contribution < -0.4 is 10.5 Å². The Morgan fingerprint density at radius 3 is 3.00 bits per heavy atom. The summed E-state index contributed by atoms with van der Waals surface area (Å²) in [6.45, 7) is 1.45. The Hall–Kier alpha value is -2.10. The van der Waals surface area contributed by atoms with Gasteiger partial charge in [-0.1, -0.05) is 0 Å². The lowest BCUT2D eigenvalue weighted by molar-refractivity contribution is -0.142. The lowest BCUT2D eigenvalue weighted by Crippen LogP contribution is -2.55. The SMILES string of the molecule is COc1ccc(C#N)cc1CN1CCC[C@](O)(C(N)=O)C1. The zero-order valence-electron chi connectivity index (χ0n) is 12.0. The maximum absolute atomic E-state index is 11.4. The van der Waals surface area contributed by atoms with Gasteiger partial charge in [0.25, 0.3) is 5.91 Å². The van der Waals surface area contributed by atoms with Gasteiger partial charge in [0.15, 0.2) is 5.60 Å². The van der Waals surface area contributed by atoms with Gasteiger partial charge in [-0.3, -0.25) is 9.69 Å². The molecule has 6 heteroatoms. The number of carbonyl (C=O) groups excluding carboxylic acids is 1. The summed E-state index contributed by atoms with van der Waals surface area (Å²) < 4.78 is 5.30. The number of aliphatic hydroxyl groups is 1. The summed E-state index contributed by atoms with van der Waals surface area (Å²) in [4.78, 5) is 13.3. The highest BCUT2D eigenvalue weighted by Gasteiger charge is 2.38. The van der Waals surface area contributed by atoms with Crippen LogP contribution in [0.5, 0.6) is 5.75 Å². The van der Waals surface area contributed by atoms with E-state index in [0.717, 1.165) is 12.1 Å². The average molecular weight is 289 g/mol. The number of ether oxygens (including phenoxy) is 1. The molecule has 0 aliphatic carbocycles. The Morgan fingerprint density at radius 1 is 1.62 bits per heavy atom. The molecule has 1 heterocycles. The fourth-order valence-corrected chi connectivity index (χ4v) is 2.67. The number of β-amino-alcohol motifs (C(OH)–C–C–N with tert-alkyl or cyclic N) is 1. The fraction of sp³-hybridized carbons (Fsp3) is 0.467. The van der Waals surface area contributed by atoms with Crippen LogP contribution in [-0.2, 0) is 11.3 Å². The molecule has 1 aliphatic heterocycles. The van der Waals surface area contributed by atoms with Crippen LogP contribution in [0.15, 0.2) is 18.2 Å². The number of rotatable bonds is 4. The monoisotopic (exact) mass is 289 g/mol. The Morgan fingerprint density at radius 2 is 2.38 bits per heavy atom. The minimum Gasteiger partial charge on any atom is -0.496 e. The van der Waals surface area contributed by atoms with Gasteiger partial charge in [-0.15, -0.1) is 0 Å². The number of nitriles is 1. The zero-order valence-corrected chi connectivity index (χ0v) is 12.0. The quantitative estimate of drug-likeness (QED) is 0.834. The first-order valence-corrected chi connectivity index (χ1v) is 6.80. The summed E-state index contributed by atoms with van der Waals surface area (Å²) in [6.07, 6.45) is 1.08. The number of nitrogens with zero attached hydrogens (tertiary/aromatic N) is 2. The van der Waals surface area contributed by atoms with Crippen molar-refractivity contribution in [2.75, 3.05) is 20.2 Å². The molecule has 1 fully saturated rings. The van der Waals surface area contributed by atoms with Crippen molar-refractivity contribution in [1.29, 1.82) is 5.26 Å². The summed E-state index contributed by atoms with van der Waals surface area (Å²) in [5, 5.41) is 19.2. The summed E-state index contributed by atoms with van der Waals surface area (Å²) >= 11 is 0. The molecule has 1 saturated heterocycles. The molecule has 1 aliphatic rings. The number of amides is 1. The van der Waals surface area contributed by atoms with Crippen LogP contribution in [0.25, 0.3) is 0 Å². The van der Waals surface area contributed by atoms with E-state index < -0.39 is 11.5 Å². The molecule has 1 aromatic carbocycles. The minimum absolute atomic E-state index is 0.197. The van der Waals surface area contributed by atoms with E-state index in [9.17, 15) is 9.90 Å². The Kier molecular flexibility index (Phi) is 4.46. The van der Waals surface area contributed by atoms with Gasteiger partial charge in [0, 0.05) is 18.7 Å². The third kappa shape index (κ3) is 3.32. The molecule has 0 bridgehead atoms. The first kappa shape index (κ1) is 15.3. The molecule has 0 radical (unpaired) electrons. The number of benzene rings is 1. The Labute approximate surface area is 123 Å². The maximum atomic E-state index is 11.4. The van der Waals surface area contributed by atoms with Gasteiger partial charge in [-0.25, -0.2) is 0 Å². The molecular formula is C15H19N3O3. The van der Waals surface area contributed by atoms with Crippen LogP contribution in [0.2, 0.25) is 0 Å². The third-order valence-corrected chi connectivity index (χ3v) is 3.81. The van der Waals surface area contributed by atoms with Crippen LogP contribution >= 0.6 is 0 Å². The van der Waals surface area contributed by atoms with Gasteiger partial charge < -0.3 is 15.6 Å². The van der Waals surface area contributed by atoms with E-state index in [1.165, 1.54) is 0 Å². The van der Waals surface area contributed by atoms with Crippen LogP contribution in [0.3, 0.4) is 0 Å². The second-order valence-electron chi connectivity index (χ2n) is 5.35. The van der Waals surface area contributed by atoms with E-state index in [0.29, 0.717) is 30.7 Å². The number of methoxy groups -OCH3 is 1.